The van der Waals surface area contributed by atoms with Gasteiger partial charge in [0.1, 0.15) is 0 Å². The molecule has 0 saturated carbocycles. The Hall–Kier alpha value is -0.190. The second-order valence-corrected chi connectivity index (χ2v) is 6.16. The van der Waals surface area contributed by atoms with Crippen LogP contribution in [-0.2, 0) is 0 Å². The third kappa shape index (κ3) is 4.53. The highest BCUT2D eigenvalue weighted by Crippen LogP contribution is 2.23. The Morgan fingerprint density at radius 1 is 1.41 bits per heavy atom. The van der Waals surface area contributed by atoms with Gasteiger partial charge in [-0.3, -0.25) is 4.90 Å². The average molecular weight is 258 g/mol. The molecule has 0 aromatic heterocycles. The summed E-state index contributed by atoms with van der Waals surface area (Å²) in [6.45, 7) is 6.55. The molecule has 0 aromatic carbocycles. The van der Waals surface area contributed by atoms with E-state index in [0.717, 1.165) is 25.9 Å². The molecule has 1 atom stereocenters. The highest BCUT2D eigenvalue weighted by Gasteiger charge is 2.25. The first-order chi connectivity index (χ1) is 7.97. The normalized spacial score (nSPS) is 23.4. The predicted molar refractivity (Wildman–Crippen MR) is 76.1 cm³/mol. The number of nitrogens with two attached hydrogens (primary N) is 1. The van der Waals surface area contributed by atoms with E-state index >= 15 is 0 Å². The number of aliphatic hydroxyl groups is 1. The van der Waals surface area contributed by atoms with Gasteiger partial charge in [-0.1, -0.05) is 38.9 Å². The van der Waals surface area contributed by atoms with Gasteiger partial charge in [-0.25, -0.2) is 0 Å². The smallest absolute Gasteiger partial charge is 0.0784 e. The fourth-order valence-corrected chi connectivity index (χ4v) is 2.39. The quantitative estimate of drug-likeness (QED) is 0.740. The Kier molecular flexibility index (Phi) is 5.83. The van der Waals surface area contributed by atoms with Gasteiger partial charge in [-0.2, -0.15) is 0 Å². The summed E-state index contributed by atoms with van der Waals surface area (Å²) in [5.41, 5.74) is 5.67. The summed E-state index contributed by atoms with van der Waals surface area (Å²) >= 11 is 5.09. The summed E-state index contributed by atoms with van der Waals surface area (Å²) in [6.07, 6.45) is 5.85. The molecule has 1 unspecified atom stereocenters. The van der Waals surface area contributed by atoms with Gasteiger partial charge >= 0.3 is 0 Å². The third-order valence-corrected chi connectivity index (χ3v) is 4.45. The minimum Gasteiger partial charge on any atom is -0.395 e. The fourth-order valence-electron chi connectivity index (χ4n) is 2.28. The number of likely N-dealkylation sites (tertiary alicyclic amines) is 1. The van der Waals surface area contributed by atoms with Gasteiger partial charge in [0.25, 0.3) is 0 Å². The van der Waals surface area contributed by atoms with Crippen LogP contribution in [0.3, 0.4) is 0 Å². The van der Waals surface area contributed by atoms with E-state index < -0.39 is 0 Å². The van der Waals surface area contributed by atoms with E-state index in [1.54, 1.807) is 0 Å². The zero-order valence-corrected chi connectivity index (χ0v) is 11.9. The van der Waals surface area contributed by atoms with E-state index in [2.05, 4.69) is 18.7 Å². The van der Waals surface area contributed by atoms with E-state index in [4.69, 9.17) is 18.0 Å². The molecule has 4 heteroatoms. The minimum atomic E-state index is -0.0817. The van der Waals surface area contributed by atoms with Crippen molar-refractivity contribution in [2.75, 3.05) is 19.7 Å². The molecular formula is C13H26N2OS. The molecular weight excluding hydrogens is 232 g/mol. The number of aliphatic hydroxyl groups excluding tert-OH is 1. The zero-order chi connectivity index (χ0) is 12.9. The van der Waals surface area contributed by atoms with Gasteiger partial charge in [0.15, 0.2) is 0 Å². The molecule has 100 valence electrons. The molecule has 1 aliphatic rings. The van der Waals surface area contributed by atoms with Gasteiger partial charge in [0.05, 0.1) is 11.6 Å². The molecule has 0 radical (unpaired) electrons. The average Bonchev–Trinajstić information content (AvgIpc) is 2.50. The molecule has 0 bridgehead atoms. The Labute approximate surface area is 110 Å². The summed E-state index contributed by atoms with van der Waals surface area (Å²) in [4.78, 5) is 3.00. The van der Waals surface area contributed by atoms with Crippen LogP contribution < -0.4 is 5.73 Å². The monoisotopic (exact) mass is 258 g/mol. The molecule has 3 nitrogen and oxygen atoms in total. The molecule has 0 amide bonds. The molecule has 17 heavy (non-hydrogen) atoms. The van der Waals surface area contributed by atoms with Crippen molar-refractivity contribution in [3.63, 3.8) is 0 Å². The topological polar surface area (TPSA) is 49.5 Å². The van der Waals surface area contributed by atoms with Crippen LogP contribution in [0, 0.1) is 5.41 Å². The lowest BCUT2D eigenvalue weighted by molar-refractivity contribution is 0.116. The lowest BCUT2D eigenvalue weighted by Gasteiger charge is -2.32. The second-order valence-electron chi connectivity index (χ2n) is 5.72. The minimum absolute atomic E-state index is 0.0817. The number of nitrogens with zero attached hydrogens (tertiary/aromatic N) is 1. The summed E-state index contributed by atoms with van der Waals surface area (Å²) in [5, 5.41) is 9.43. The van der Waals surface area contributed by atoms with Gasteiger partial charge < -0.3 is 10.8 Å². The van der Waals surface area contributed by atoms with Crippen LogP contribution in [0.1, 0.15) is 46.0 Å². The largest absolute Gasteiger partial charge is 0.395 e. The lowest BCUT2D eigenvalue weighted by atomic mass is 9.89. The van der Waals surface area contributed by atoms with Crippen molar-refractivity contribution in [2.24, 2.45) is 11.1 Å². The Balaban J connectivity index is 2.50. The van der Waals surface area contributed by atoms with Crippen molar-refractivity contribution < 1.29 is 5.11 Å². The summed E-state index contributed by atoms with van der Waals surface area (Å²) in [6, 6.07) is 0.333. The van der Waals surface area contributed by atoms with E-state index in [1.165, 1.54) is 19.3 Å². The van der Waals surface area contributed by atoms with Crippen molar-refractivity contribution in [3.05, 3.63) is 0 Å². The van der Waals surface area contributed by atoms with Gasteiger partial charge in [-0.15, -0.1) is 0 Å². The molecule has 1 aliphatic heterocycles. The van der Waals surface area contributed by atoms with Gasteiger partial charge in [0, 0.05) is 11.5 Å². The number of rotatable bonds is 5. The Bertz CT molecular complexity index is 256. The first-order valence-corrected chi connectivity index (χ1v) is 7.03. The van der Waals surface area contributed by atoms with Crippen LogP contribution in [0.25, 0.3) is 0 Å². The van der Waals surface area contributed by atoms with Crippen molar-refractivity contribution in [1.29, 1.82) is 0 Å². The highest BCUT2D eigenvalue weighted by atomic mass is 32.1. The summed E-state index contributed by atoms with van der Waals surface area (Å²) in [5.74, 6) is 0. The predicted octanol–water partition coefficient (Wildman–Crippen LogP) is 1.93. The fraction of sp³-hybridized carbons (Fsp3) is 0.923. The van der Waals surface area contributed by atoms with Crippen LogP contribution in [0.5, 0.6) is 0 Å². The van der Waals surface area contributed by atoms with Crippen molar-refractivity contribution >= 4 is 17.2 Å². The zero-order valence-electron chi connectivity index (χ0n) is 11.1. The first-order valence-electron chi connectivity index (χ1n) is 6.62. The molecule has 3 N–H and O–H groups in total. The maximum Gasteiger partial charge on any atom is 0.0784 e. The molecule has 1 heterocycles. The number of thiocarbonyl (C=S) groups is 1. The van der Waals surface area contributed by atoms with Crippen LogP contribution in [0.4, 0.5) is 0 Å². The Morgan fingerprint density at radius 2 is 2.12 bits per heavy atom. The number of hydrogen-bond acceptors (Lipinski definition) is 3. The van der Waals surface area contributed by atoms with E-state index in [1.807, 2.05) is 0 Å². The molecule has 1 fully saturated rings. The Morgan fingerprint density at radius 3 is 2.71 bits per heavy atom. The van der Waals surface area contributed by atoms with Gasteiger partial charge in [0.2, 0.25) is 0 Å². The van der Waals surface area contributed by atoms with Crippen molar-refractivity contribution in [2.45, 2.75) is 52.0 Å². The standard InChI is InChI=1S/C13H26N2OS/c1-13(2,12(14)17)7-9-15-8-5-3-4-6-11(15)10-16/h11,16H,3-10H2,1-2H3,(H2,14,17). The second kappa shape index (κ2) is 6.66. The number of hydrogen-bond donors (Lipinski definition) is 2. The van der Waals surface area contributed by atoms with E-state index in [-0.39, 0.29) is 12.0 Å². The summed E-state index contributed by atoms with van der Waals surface area (Å²) < 4.78 is 0. The maximum absolute atomic E-state index is 9.43. The molecule has 0 spiro atoms. The van der Waals surface area contributed by atoms with Crippen LogP contribution >= 0.6 is 12.2 Å². The highest BCUT2D eigenvalue weighted by molar-refractivity contribution is 7.80. The first kappa shape index (κ1) is 14.9. The van der Waals surface area contributed by atoms with E-state index in [9.17, 15) is 5.11 Å². The molecule has 0 aliphatic carbocycles. The summed E-state index contributed by atoms with van der Waals surface area (Å²) in [7, 11) is 0. The van der Waals surface area contributed by atoms with Gasteiger partial charge in [-0.05, 0) is 32.4 Å². The maximum atomic E-state index is 9.43. The van der Waals surface area contributed by atoms with Crippen molar-refractivity contribution in [1.82, 2.24) is 4.90 Å². The van der Waals surface area contributed by atoms with E-state index in [0.29, 0.717) is 11.0 Å². The lowest BCUT2D eigenvalue weighted by Crippen LogP contribution is -2.41. The van der Waals surface area contributed by atoms with Crippen molar-refractivity contribution in [3.8, 4) is 0 Å². The third-order valence-electron chi connectivity index (χ3n) is 3.90. The van der Waals surface area contributed by atoms with Crippen LogP contribution in [-0.4, -0.2) is 40.7 Å². The molecule has 0 aromatic rings. The SMILES string of the molecule is CC(C)(CCN1CCCCCC1CO)C(N)=S. The van der Waals surface area contributed by atoms with Crippen LogP contribution in [0.15, 0.2) is 0 Å². The molecule has 1 rings (SSSR count). The van der Waals surface area contributed by atoms with Crippen LogP contribution in [0.2, 0.25) is 0 Å². The molecule has 1 saturated heterocycles.